The van der Waals surface area contributed by atoms with Crippen molar-refractivity contribution in [1.82, 2.24) is 10.4 Å². The van der Waals surface area contributed by atoms with Crippen LogP contribution in [0.15, 0.2) is 47.6 Å². The van der Waals surface area contributed by atoms with Crippen molar-refractivity contribution in [2.24, 2.45) is 5.10 Å². The van der Waals surface area contributed by atoms with E-state index in [1.165, 1.54) is 18.4 Å². The summed E-state index contributed by atoms with van der Waals surface area (Å²) in [6, 6.07) is 13.1. The van der Waals surface area contributed by atoms with Crippen molar-refractivity contribution in [1.29, 1.82) is 0 Å². The fourth-order valence-corrected chi connectivity index (χ4v) is 3.25. The van der Waals surface area contributed by atoms with E-state index in [1.54, 1.807) is 18.2 Å². The van der Waals surface area contributed by atoms with Gasteiger partial charge in [-0.25, -0.2) is 15.2 Å². The van der Waals surface area contributed by atoms with Crippen LogP contribution in [0.5, 0.6) is 5.75 Å². The van der Waals surface area contributed by atoms with E-state index in [0.717, 1.165) is 15.8 Å². The van der Waals surface area contributed by atoms with Crippen molar-refractivity contribution in [3.05, 3.63) is 53.6 Å². The Hall–Kier alpha value is -3.46. The topological polar surface area (TPSA) is 102 Å². The van der Waals surface area contributed by atoms with Crippen molar-refractivity contribution in [2.45, 2.75) is 13.8 Å². The van der Waals surface area contributed by atoms with Gasteiger partial charge in [0.2, 0.25) is 0 Å². The summed E-state index contributed by atoms with van der Waals surface area (Å²) in [7, 11) is 1.28. The first kappa shape index (κ1) is 20.3. The molecule has 0 atom stereocenters. The standard InChI is InChI=1S/C20H20N4O4S/c1-12-4-6-14(7-5-12)13(2)23-24-18(25)11-28-15-8-9-16-17(10-15)29-19(21-16)22-20(26)27-3/h4-10H,11H2,1-3H3,(H,24,25)(H,21,22,26)/b23-13+. The minimum absolute atomic E-state index is 0.178. The Balaban J connectivity index is 1.56. The number of benzene rings is 2. The van der Waals surface area contributed by atoms with E-state index in [0.29, 0.717) is 22.1 Å². The van der Waals surface area contributed by atoms with Gasteiger partial charge in [0.1, 0.15) is 5.75 Å². The number of carbonyl (C=O) groups excluding carboxylic acids is 2. The minimum atomic E-state index is -0.585. The summed E-state index contributed by atoms with van der Waals surface area (Å²) in [5.74, 6) is 0.147. The summed E-state index contributed by atoms with van der Waals surface area (Å²) >= 11 is 1.28. The summed E-state index contributed by atoms with van der Waals surface area (Å²) in [5.41, 5.74) is 5.99. The number of nitrogens with zero attached hydrogens (tertiary/aromatic N) is 2. The molecule has 3 rings (SSSR count). The normalized spacial score (nSPS) is 11.2. The van der Waals surface area contributed by atoms with Crippen LogP contribution in [0.3, 0.4) is 0 Å². The molecule has 2 amide bonds. The summed E-state index contributed by atoms with van der Waals surface area (Å²) in [4.78, 5) is 27.6. The van der Waals surface area contributed by atoms with E-state index >= 15 is 0 Å². The van der Waals surface area contributed by atoms with E-state index < -0.39 is 6.09 Å². The molecule has 29 heavy (non-hydrogen) atoms. The van der Waals surface area contributed by atoms with Crippen LogP contribution in [0, 0.1) is 6.92 Å². The number of rotatable bonds is 6. The average molecular weight is 412 g/mol. The summed E-state index contributed by atoms with van der Waals surface area (Å²) in [6.07, 6.45) is -0.585. The Morgan fingerprint density at radius 3 is 2.66 bits per heavy atom. The maximum atomic E-state index is 12.0. The SMILES string of the molecule is COC(=O)Nc1nc2ccc(OCC(=O)N/N=C(\C)c3ccc(C)cc3)cc2s1. The predicted octanol–water partition coefficient (Wildman–Crippen LogP) is 3.70. The molecule has 0 bridgehead atoms. The molecule has 0 aliphatic heterocycles. The number of ether oxygens (including phenoxy) is 2. The van der Waals surface area contributed by atoms with Crippen LogP contribution in [-0.2, 0) is 9.53 Å². The third-order valence-corrected chi connectivity index (χ3v) is 4.88. The average Bonchev–Trinajstić information content (AvgIpc) is 3.12. The third-order valence-electron chi connectivity index (χ3n) is 3.94. The number of anilines is 1. The molecule has 150 valence electrons. The lowest BCUT2D eigenvalue weighted by molar-refractivity contribution is -0.123. The molecule has 8 nitrogen and oxygen atoms in total. The first-order valence-corrected chi connectivity index (χ1v) is 9.55. The quantitative estimate of drug-likeness (QED) is 0.475. The van der Waals surface area contributed by atoms with Crippen molar-refractivity contribution in [3.63, 3.8) is 0 Å². The Bertz CT molecular complexity index is 1060. The number of hydrazone groups is 1. The van der Waals surface area contributed by atoms with Gasteiger partial charge in [-0.05, 0) is 37.6 Å². The van der Waals surface area contributed by atoms with Crippen molar-refractivity contribution >= 4 is 44.4 Å². The second-order valence-corrected chi connectivity index (χ2v) is 7.18. The molecule has 0 saturated heterocycles. The summed E-state index contributed by atoms with van der Waals surface area (Å²) < 4.78 is 10.9. The molecule has 0 aliphatic rings. The maximum absolute atomic E-state index is 12.0. The van der Waals surface area contributed by atoms with E-state index in [4.69, 9.17) is 4.74 Å². The number of methoxy groups -OCH3 is 1. The number of aryl methyl sites for hydroxylation is 1. The summed E-state index contributed by atoms with van der Waals surface area (Å²) in [6.45, 7) is 3.65. The zero-order valence-corrected chi connectivity index (χ0v) is 17.0. The lowest BCUT2D eigenvalue weighted by Crippen LogP contribution is -2.25. The second-order valence-electron chi connectivity index (χ2n) is 6.15. The van der Waals surface area contributed by atoms with E-state index in [1.807, 2.05) is 38.1 Å². The van der Waals surface area contributed by atoms with Gasteiger partial charge in [0.25, 0.3) is 5.91 Å². The molecule has 0 radical (unpaired) electrons. The van der Waals surface area contributed by atoms with Crippen LogP contribution in [-0.4, -0.2) is 36.4 Å². The fourth-order valence-electron chi connectivity index (χ4n) is 2.37. The van der Waals surface area contributed by atoms with Gasteiger partial charge in [-0.1, -0.05) is 41.2 Å². The molecule has 0 unspecified atom stereocenters. The number of amides is 2. The van der Waals surface area contributed by atoms with Crippen LogP contribution in [0.1, 0.15) is 18.1 Å². The van der Waals surface area contributed by atoms with Gasteiger partial charge in [0.05, 0.1) is 23.0 Å². The molecule has 3 aromatic rings. The fraction of sp³-hybridized carbons (Fsp3) is 0.200. The van der Waals surface area contributed by atoms with E-state index in [-0.39, 0.29) is 12.5 Å². The predicted molar refractivity (Wildman–Crippen MR) is 113 cm³/mol. The monoisotopic (exact) mass is 412 g/mol. The van der Waals surface area contributed by atoms with Crippen LogP contribution in [0.25, 0.3) is 10.2 Å². The van der Waals surface area contributed by atoms with Crippen LogP contribution >= 0.6 is 11.3 Å². The molecular weight excluding hydrogens is 392 g/mol. The number of nitrogens with one attached hydrogen (secondary N) is 2. The third kappa shape index (κ3) is 5.52. The van der Waals surface area contributed by atoms with E-state index in [9.17, 15) is 9.59 Å². The van der Waals surface area contributed by atoms with Crippen LogP contribution in [0.2, 0.25) is 0 Å². The molecular formula is C20H20N4O4S. The first-order chi connectivity index (χ1) is 13.9. The zero-order valence-electron chi connectivity index (χ0n) is 16.2. The molecule has 0 aliphatic carbocycles. The zero-order chi connectivity index (χ0) is 20.8. The first-order valence-electron chi connectivity index (χ1n) is 8.73. The van der Waals surface area contributed by atoms with Crippen molar-refractivity contribution in [2.75, 3.05) is 19.0 Å². The molecule has 1 aromatic heterocycles. The molecule has 0 fully saturated rings. The van der Waals surface area contributed by atoms with E-state index in [2.05, 4.69) is 25.6 Å². The lowest BCUT2D eigenvalue weighted by Gasteiger charge is -2.06. The van der Waals surface area contributed by atoms with Crippen LogP contribution in [0.4, 0.5) is 9.93 Å². The summed E-state index contributed by atoms with van der Waals surface area (Å²) in [5, 5.41) is 7.04. The highest BCUT2D eigenvalue weighted by atomic mass is 32.1. The molecule has 2 aromatic carbocycles. The highest BCUT2D eigenvalue weighted by molar-refractivity contribution is 7.22. The molecule has 9 heteroatoms. The minimum Gasteiger partial charge on any atom is -0.484 e. The number of thiazole rings is 1. The lowest BCUT2D eigenvalue weighted by atomic mass is 10.1. The molecule has 0 saturated carbocycles. The van der Waals surface area contributed by atoms with Gasteiger partial charge in [0, 0.05) is 0 Å². The van der Waals surface area contributed by atoms with Gasteiger partial charge < -0.3 is 9.47 Å². The number of hydrogen-bond acceptors (Lipinski definition) is 7. The Kier molecular flexibility index (Phi) is 6.40. The largest absolute Gasteiger partial charge is 0.484 e. The van der Waals surface area contributed by atoms with Gasteiger partial charge in [-0.3, -0.25) is 10.1 Å². The number of fused-ring (bicyclic) bond motifs is 1. The van der Waals surface area contributed by atoms with Gasteiger partial charge in [0.15, 0.2) is 11.7 Å². The van der Waals surface area contributed by atoms with Crippen LogP contribution < -0.4 is 15.5 Å². The van der Waals surface area contributed by atoms with Crippen molar-refractivity contribution < 1.29 is 19.1 Å². The highest BCUT2D eigenvalue weighted by Gasteiger charge is 2.09. The smallest absolute Gasteiger partial charge is 0.413 e. The van der Waals surface area contributed by atoms with Gasteiger partial charge in [-0.2, -0.15) is 5.10 Å². The molecule has 1 heterocycles. The number of aromatic nitrogens is 1. The Labute approximate surface area is 171 Å². The molecule has 0 spiro atoms. The van der Waals surface area contributed by atoms with Gasteiger partial charge >= 0.3 is 6.09 Å². The highest BCUT2D eigenvalue weighted by Crippen LogP contribution is 2.29. The number of carbonyl (C=O) groups is 2. The Morgan fingerprint density at radius 2 is 1.93 bits per heavy atom. The molecule has 2 N–H and O–H groups in total. The van der Waals surface area contributed by atoms with Crippen molar-refractivity contribution in [3.8, 4) is 5.75 Å². The second kappa shape index (κ2) is 9.16. The van der Waals surface area contributed by atoms with Gasteiger partial charge in [-0.15, -0.1) is 0 Å². The Morgan fingerprint density at radius 1 is 1.17 bits per heavy atom. The number of hydrogen-bond donors (Lipinski definition) is 2. The maximum Gasteiger partial charge on any atom is 0.413 e.